The van der Waals surface area contributed by atoms with Crippen molar-refractivity contribution in [3.63, 3.8) is 0 Å². The van der Waals surface area contributed by atoms with Crippen LogP contribution in [0.2, 0.25) is 5.02 Å². The van der Waals surface area contributed by atoms with Gasteiger partial charge in [0.15, 0.2) is 6.23 Å². The average molecular weight is 302 g/mol. The lowest BCUT2D eigenvalue weighted by Gasteiger charge is -2.31. The fourth-order valence-electron chi connectivity index (χ4n) is 3.02. The molecule has 0 amide bonds. The predicted octanol–water partition coefficient (Wildman–Crippen LogP) is 3.85. The third kappa shape index (κ3) is 2.27. The SMILES string of the molecule is Clc1ccccc1C1NCc2c(ccc3c2CCCO3)O1. The number of hydrogen-bond acceptors (Lipinski definition) is 3. The van der Waals surface area contributed by atoms with Crippen LogP contribution in [0, 0.1) is 0 Å². The molecule has 3 nitrogen and oxygen atoms in total. The van der Waals surface area contributed by atoms with Gasteiger partial charge in [0.1, 0.15) is 11.5 Å². The Bertz CT molecular complexity index is 686. The topological polar surface area (TPSA) is 30.5 Å². The van der Waals surface area contributed by atoms with Gasteiger partial charge in [-0.25, -0.2) is 0 Å². The molecule has 1 N–H and O–H groups in total. The van der Waals surface area contributed by atoms with Gasteiger partial charge in [0, 0.05) is 28.3 Å². The fourth-order valence-corrected chi connectivity index (χ4v) is 3.25. The molecule has 21 heavy (non-hydrogen) atoms. The maximum absolute atomic E-state index is 6.26. The molecule has 0 radical (unpaired) electrons. The Morgan fingerprint density at radius 1 is 1.05 bits per heavy atom. The van der Waals surface area contributed by atoms with E-state index in [1.54, 1.807) is 0 Å². The minimum Gasteiger partial charge on any atom is -0.493 e. The molecule has 1 unspecified atom stereocenters. The molecule has 0 saturated carbocycles. The van der Waals surface area contributed by atoms with Crippen molar-refractivity contribution in [3.05, 3.63) is 58.1 Å². The van der Waals surface area contributed by atoms with Crippen molar-refractivity contribution in [2.24, 2.45) is 0 Å². The molecule has 4 heteroatoms. The van der Waals surface area contributed by atoms with Gasteiger partial charge in [-0.2, -0.15) is 0 Å². The molecule has 0 aromatic heterocycles. The summed E-state index contributed by atoms with van der Waals surface area (Å²) in [6.07, 6.45) is 1.92. The molecule has 0 saturated heterocycles. The van der Waals surface area contributed by atoms with E-state index < -0.39 is 0 Å². The largest absolute Gasteiger partial charge is 0.493 e. The molecule has 2 aliphatic heterocycles. The quantitative estimate of drug-likeness (QED) is 0.868. The third-order valence-corrected chi connectivity index (χ3v) is 4.41. The number of ether oxygens (including phenoxy) is 2. The summed E-state index contributed by atoms with van der Waals surface area (Å²) < 4.78 is 11.8. The molecule has 108 valence electrons. The van der Waals surface area contributed by atoms with Gasteiger partial charge in [-0.05, 0) is 31.0 Å². The fraction of sp³-hybridized carbons (Fsp3) is 0.294. The summed E-state index contributed by atoms with van der Waals surface area (Å²) in [7, 11) is 0. The Labute approximate surface area is 128 Å². The average Bonchev–Trinajstić information content (AvgIpc) is 2.54. The van der Waals surface area contributed by atoms with E-state index in [1.807, 2.05) is 36.4 Å². The summed E-state index contributed by atoms with van der Waals surface area (Å²) in [5.41, 5.74) is 3.47. The van der Waals surface area contributed by atoms with Gasteiger partial charge in [0.2, 0.25) is 0 Å². The summed E-state index contributed by atoms with van der Waals surface area (Å²) in [5.74, 6) is 1.93. The smallest absolute Gasteiger partial charge is 0.178 e. The summed E-state index contributed by atoms with van der Waals surface area (Å²) in [4.78, 5) is 0. The molecule has 2 aromatic rings. The summed E-state index contributed by atoms with van der Waals surface area (Å²) in [5, 5.41) is 4.14. The number of halogens is 1. The van der Waals surface area contributed by atoms with Crippen LogP contribution in [-0.2, 0) is 13.0 Å². The van der Waals surface area contributed by atoms with E-state index in [2.05, 4.69) is 5.32 Å². The Morgan fingerprint density at radius 2 is 1.90 bits per heavy atom. The van der Waals surface area contributed by atoms with Gasteiger partial charge in [0.05, 0.1) is 6.61 Å². The van der Waals surface area contributed by atoms with E-state index in [9.17, 15) is 0 Å². The Balaban J connectivity index is 1.68. The summed E-state index contributed by atoms with van der Waals surface area (Å²) in [6.45, 7) is 1.58. The van der Waals surface area contributed by atoms with Gasteiger partial charge in [-0.3, -0.25) is 5.32 Å². The molecule has 4 rings (SSSR count). The van der Waals surface area contributed by atoms with Crippen molar-refractivity contribution in [3.8, 4) is 11.5 Å². The molecular formula is C17H16ClNO2. The Kier molecular flexibility index (Phi) is 3.24. The van der Waals surface area contributed by atoms with Crippen molar-refractivity contribution in [2.75, 3.05) is 6.61 Å². The molecule has 0 bridgehead atoms. The van der Waals surface area contributed by atoms with Crippen molar-refractivity contribution in [1.82, 2.24) is 5.32 Å². The van der Waals surface area contributed by atoms with Crippen LogP contribution in [0.3, 0.4) is 0 Å². The lowest BCUT2D eigenvalue weighted by molar-refractivity contribution is 0.142. The van der Waals surface area contributed by atoms with Crippen LogP contribution in [0.5, 0.6) is 11.5 Å². The van der Waals surface area contributed by atoms with Gasteiger partial charge >= 0.3 is 0 Å². The van der Waals surface area contributed by atoms with E-state index in [-0.39, 0.29) is 6.23 Å². The van der Waals surface area contributed by atoms with Gasteiger partial charge in [-0.15, -0.1) is 0 Å². The monoisotopic (exact) mass is 301 g/mol. The number of fused-ring (bicyclic) bond motifs is 3. The Hall–Kier alpha value is -1.71. The number of rotatable bonds is 1. The first-order chi connectivity index (χ1) is 10.3. The summed E-state index contributed by atoms with van der Waals surface area (Å²) >= 11 is 6.26. The van der Waals surface area contributed by atoms with Crippen LogP contribution in [0.25, 0.3) is 0 Å². The molecule has 0 spiro atoms. The second kappa shape index (κ2) is 5.24. The van der Waals surface area contributed by atoms with Crippen LogP contribution in [0.4, 0.5) is 0 Å². The molecule has 2 aliphatic rings. The van der Waals surface area contributed by atoms with E-state index in [0.29, 0.717) is 0 Å². The number of nitrogens with one attached hydrogen (secondary N) is 1. The molecule has 2 heterocycles. The molecular weight excluding hydrogens is 286 g/mol. The molecule has 0 fully saturated rings. The van der Waals surface area contributed by atoms with Crippen LogP contribution >= 0.6 is 11.6 Å². The lowest BCUT2D eigenvalue weighted by atomic mass is 9.97. The van der Waals surface area contributed by atoms with Crippen molar-refractivity contribution in [2.45, 2.75) is 25.6 Å². The van der Waals surface area contributed by atoms with E-state index in [1.165, 1.54) is 11.1 Å². The van der Waals surface area contributed by atoms with E-state index in [4.69, 9.17) is 21.1 Å². The lowest BCUT2D eigenvalue weighted by Crippen LogP contribution is -2.32. The zero-order valence-corrected chi connectivity index (χ0v) is 12.3. The van der Waals surface area contributed by atoms with Crippen LogP contribution in [0.15, 0.2) is 36.4 Å². The number of hydrogen-bond donors (Lipinski definition) is 1. The highest BCUT2D eigenvalue weighted by molar-refractivity contribution is 6.31. The normalized spacial score (nSPS) is 20.0. The minimum atomic E-state index is -0.200. The van der Waals surface area contributed by atoms with E-state index >= 15 is 0 Å². The van der Waals surface area contributed by atoms with Crippen LogP contribution in [0.1, 0.15) is 29.3 Å². The first-order valence-corrected chi connectivity index (χ1v) is 7.63. The zero-order valence-electron chi connectivity index (χ0n) is 11.6. The highest BCUT2D eigenvalue weighted by Crippen LogP contribution is 2.38. The third-order valence-electron chi connectivity index (χ3n) is 4.07. The first kappa shape index (κ1) is 13.0. The second-order valence-electron chi connectivity index (χ2n) is 5.37. The second-order valence-corrected chi connectivity index (χ2v) is 5.78. The molecule has 2 aromatic carbocycles. The Morgan fingerprint density at radius 3 is 2.81 bits per heavy atom. The van der Waals surface area contributed by atoms with Gasteiger partial charge in [0.25, 0.3) is 0 Å². The molecule has 1 atom stereocenters. The standard InChI is InChI=1S/C17H16ClNO2/c18-14-6-2-1-4-12(14)17-19-10-13-11-5-3-9-20-15(11)7-8-16(13)21-17/h1-2,4,6-8,17,19H,3,5,9-10H2. The predicted molar refractivity (Wildman–Crippen MR) is 81.9 cm³/mol. The highest BCUT2D eigenvalue weighted by Gasteiger charge is 2.26. The van der Waals surface area contributed by atoms with Crippen molar-refractivity contribution in [1.29, 1.82) is 0 Å². The van der Waals surface area contributed by atoms with Crippen LogP contribution in [-0.4, -0.2) is 6.61 Å². The van der Waals surface area contributed by atoms with E-state index in [0.717, 1.165) is 48.1 Å². The van der Waals surface area contributed by atoms with Gasteiger partial charge in [-0.1, -0.05) is 29.8 Å². The first-order valence-electron chi connectivity index (χ1n) is 7.25. The van der Waals surface area contributed by atoms with Gasteiger partial charge < -0.3 is 9.47 Å². The zero-order chi connectivity index (χ0) is 14.2. The number of benzene rings is 2. The molecule has 0 aliphatic carbocycles. The minimum absolute atomic E-state index is 0.200. The van der Waals surface area contributed by atoms with Crippen molar-refractivity contribution >= 4 is 11.6 Å². The highest BCUT2D eigenvalue weighted by atomic mass is 35.5. The maximum Gasteiger partial charge on any atom is 0.178 e. The van der Waals surface area contributed by atoms with Crippen molar-refractivity contribution < 1.29 is 9.47 Å². The summed E-state index contributed by atoms with van der Waals surface area (Å²) in [6, 6.07) is 11.8. The maximum atomic E-state index is 6.26. The van der Waals surface area contributed by atoms with Crippen LogP contribution < -0.4 is 14.8 Å².